The van der Waals surface area contributed by atoms with E-state index in [4.69, 9.17) is 14.2 Å². The fraction of sp³-hybridized carbons (Fsp3) is 0.222. The highest BCUT2D eigenvalue weighted by atomic mass is 32.2. The number of ether oxygens (including phenoxy) is 3. The molecule has 0 aliphatic heterocycles. The predicted molar refractivity (Wildman–Crippen MR) is 104 cm³/mol. The van der Waals surface area contributed by atoms with Crippen LogP contribution in [0.25, 0.3) is 0 Å². The molecule has 0 spiro atoms. The molecule has 0 aliphatic rings. The first kappa shape index (κ1) is 21.0. The van der Waals surface area contributed by atoms with E-state index in [-0.39, 0.29) is 28.1 Å². The summed E-state index contributed by atoms with van der Waals surface area (Å²) >= 11 is 0. The smallest absolute Gasteiger partial charge is 0.302 e. The average molecular weight is 433 g/mol. The van der Waals surface area contributed by atoms with Crippen LogP contribution in [0.4, 0.5) is 0 Å². The third kappa shape index (κ3) is 4.33. The molecule has 0 bridgehead atoms. The van der Waals surface area contributed by atoms with Crippen molar-refractivity contribution >= 4 is 15.9 Å². The summed E-state index contributed by atoms with van der Waals surface area (Å²) in [6.07, 6.45) is 4.73. The van der Waals surface area contributed by atoms with Gasteiger partial charge in [0.1, 0.15) is 11.5 Å². The van der Waals surface area contributed by atoms with Crippen LogP contribution in [0.5, 0.6) is 17.4 Å². The Hall–Kier alpha value is -3.67. The second-order valence-electron chi connectivity index (χ2n) is 5.86. The molecule has 0 saturated carbocycles. The Morgan fingerprint density at radius 3 is 2.37 bits per heavy atom. The molecule has 2 heterocycles. The molecule has 11 nitrogen and oxygen atoms in total. The number of rotatable bonds is 8. The number of aromatic nitrogens is 4. The maximum absolute atomic E-state index is 12.8. The largest absolute Gasteiger partial charge is 0.495 e. The Morgan fingerprint density at radius 1 is 1.10 bits per heavy atom. The molecule has 0 saturated heterocycles. The molecular formula is C18H19N5O6S. The fourth-order valence-electron chi connectivity index (χ4n) is 2.65. The Balaban J connectivity index is 1.89. The molecule has 3 rings (SSSR count). The van der Waals surface area contributed by atoms with E-state index in [2.05, 4.69) is 15.1 Å². The Morgan fingerprint density at radius 2 is 1.80 bits per heavy atom. The van der Waals surface area contributed by atoms with Crippen LogP contribution in [0, 0.1) is 0 Å². The van der Waals surface area contributed by atoms with Crippen LogP contribution >= 0.6 is 0 Å². The number of benzene rings is 1. The third-order valence-corrected chi connectivity index (χ3v) is 5.39. The van der Waals surface area contributed by atoms with Crippen molar-refractivity contribution in [1.29, 1.82) is 0 Å². The Kier molecular flexibility index (Phi) is 6.16. The van der Waals surface area contributed by atoms with Gasteiger partial charge in [-0.3, -0.25) is 9.48 Å². The molecule has 1 N–H and O–H groups in total. The third-order valence-electron chi connectivity index (χ3n) is 3.99. The number of amides is 1. The number of sulfonamides is 1. The SMILES string of the molecule is COc1cccc(OC)c1S(=O)(=O)NC(=O)c1ncc(Cn2cccn2)c(OC)n1. The van der Waals surface area contributed by atoms with Crippen LogP contribution in [-0.2, 0) is 16.6 Å². The zero-order valence-electron chi connectivity index (χ0n) is 16.4. The van der Waals surface area contributed by atoms with Gasteiger partial charge < -0.3 is 14.2 Å². The molecule has 30 heavy (non-hydrogen) atoms. The van der Waals surface area contributed by atoms with E-state index in [1.165, 1.54) is 39.7 Å². The lowest BCUT2D eigenvalue weighted by atomic mass is 10.3. The zero-order valence-corrected chi connectivity index (χ0v) is 17.2. The molecule has 0 radical (unpaired) electrons. The highest BCUT2D eigenvalue weighted by Crippen LogP contribution is 2.32. The summed E-state index contributed by atoms with van der Waals surface area (Å²) in [7, 11) is -0.351. The van der Waals surface area contributed by atoms with Gasteiger partial charge >= 0.3 is 5.91 Å². The summed E-state index contributed by atoms with van der Waals surface area (Å²) in [5.74, 6) is -1.26. The lowest BCUT2D eigenvalue weighted by molar-refractivity contribution is 0.0970. The van der Waals surface area contributed by atoms with E-state index in [9.17, 15) is 13.2 Å². The van der Waals surface area contributed by atoms with Crippen molar-refractivity contribution in [1.82, 2.24) is 24.5 Å². The molecule has 0 atom stereocenters. The van der Waals surface area contributed by atoms with Gasteiger partial charge in [-0.05, 0) is 18.2 Å². The minimum Gasteiger partial charge on any atom is -0.495 e. The van der Waals surface area contributed by atoms with Crippen LogP contribution < -0.4 is 18.9 Å². The number of nitrogens with one attached hydrogen (secondary N) is 1. The second-order valence-corrected chi connectivity index (χ2v) is 7.48. The molecule has 158 valence electrons. The zero-order chi connectivity index (χ0) is 21.7. The predicted octanol–water partition coefficient (Wildman–Crippen LogP) is 0.866. The number of carbonyl (C=O) groups excluding carboxylic acids is 1. The van der Waals surface area contributed by atoms with Gasteiger partial charge in [-0.25, -0.2) is 18.1 Å². The van der Waals surface area contributed by atoms with Crippen molar-refractivity contribution in [3.8, 4) is 17.4 Å². The minimum atomic E-state index is -4.35. The van der Waals surface area contributed by atoms with Gasteiger partial charge in [-0.1, -0.05) is 6.07 Å². The molecule has 0 unspecified atom stereocenters. The van der Waals surface area contributed by atoms with Gasteiger partial charge in [-0.15, -0.1) is 0 Å². The Labute approximate surface area is 172 Å². The van der Waals surface area contributed by atoms with Crippen molar-refractivity contribution in [2.45, 2.75) is 11.4 Å². The van der Waals surface area contributed by atoms with Crippen molar-refractivity contribution < 1.29 is 27.4 Å². The Bertz CT molecular complexity index is 1130. The van der Waals surface area contributed by atoms with E-state index in [1.807, 2.05) is 4.72 Å². The molecule has 2 aromatic heterocycles. The molecule has 3 aromatic rings. The van der Waals surface area contributed by atoms with E-state index in [1.54, 1.807) is 29.2 Å². The first-order valence-electron chi connectivity index (χ1n) is 8.55. The second kappa shape index (κ2) is 8.78. The number of methoxy groups -OCH3 is 3. The van der Waals surface area contributed by atoms with E-state index in [0.29, 0.717) is 12.1 Å². The average Bonchev–Trinajstić information content (AvgIpc) is 3.26. The molecule has 1 aromatic carbocycles. The van der Waals surface area contributed by atoms with E-state index < -0.39 is 15.9 Å². The highest BCUT2D eigenvalue weighted by molar-refractivity contribution is 7.90. The van der Waals surface area contributed by atoms with Crippen molar-refractivity contribution in [2.24, 2.45) is 0 Å². The lowest BCUT2D eigenvalue weighted by Gasteiger charge is -2.14. The normalized spacial score (nSPS) is 11.0. The van der Waals surface area contributed by atoms with E-state index in [0.717, 1.165) is 0 Å². The fourth-order valence-corrected chi connectivity index (χ4v) is 3.92. The summed E-state index contributed by atoms with van der Waals surface area (Å²) < 4.78 is 44.6. The first-order chi connectivity index (χ1) is 14.4. The molecule has 0 fully saturated rings. The topological polar surface area (TPSA) is 135 Å². The molecule has 1 amide bonds. The monoisotopic (exact) mass is 433 g/mol. The maximum atomic E-state index is 12.8. The van der Waals surface area contributed by atoms with Gasteiger partial charge in [0.15, 0.2) is 4.90 Å². The minimum absolute atomic E-state index is 0.0164. The van der Waals surface area contributed by atoms with Crippen LogP contribution in [0.2, 0.25) is 0 Å². The number of carbonyl (C=O) groups is 1. The van der Waals surface area contributed by atoms with Gasteiger partial charge in [0, 0.05) is 18.6 Å². The lowest BCUT2D eigenvalue weighted by Crippen LogP contribution is -2.32. The van der Waals surface area contributed by atoms with Crippen LogP contribution in [0.3, 0.4) is 0 Å². The quantitative estimate of drug-likeness (QED) is 0.549. The number of hydrogen-bond donors (Lipinski definition) is 1. The summed E-state index contributed by atoms with van der Waals surface area (Å²) in [5, 5.41) is 4.08. The number of nitrogens with zero attached hydrogens (tertiary/aromatic N) is 4. The summed E-state index contributed by atoms with van der Waals surface area (Å²) in [6.45, 7) is 0.314. The van der Waals surface area contributed by atoms with Gasteiger partial charge in [0.2, 0.25) is 11.7 Å². The van der Waals surface area contributed by atoms with Crippen molar-refractivity contribution in [3.63, 3.8) is 0 Å². The van der Waals surface area contributed by atoms with Crippen LogP contribution in [0.1, 0.15) is 16.2 Å². The summed E-state index contributed by atoms with van der Waals surface area (Å²) in [4.78, 5) is 20.2. The van der Waals surface area contributed by atoms with E-state index >= 15 is 0 Å². The number of hydrogen-bond acceptors (Lipinski definition) is 9. The summed E-state index contributed by atoms with van der Waals surface area (Å²) in [6, 6.07) is 6.19. The highest BCUT2D eigenvalue weighted by Gasteiger charge is 2.28. The van der Waals surface area contributed by atoms with Gasteiger partial charge in [-0.2, -0.15) is 10.1 Å². The van der Waals surface area contributed by atoms with Crippen LogP contribution in [0.15, 0.2) is 47.8 Å². The van der Waals surface area contributed by atoms with Gasteiger partial charge in [0.25, 0.3) is 10.0 Å². The maximum Gasteiger partial charge on any atom is 0.302 e. The first-order valence-corrected chi connectivity index (χ1v) is 10.0. The standard InChI is InChI=1S/C18H19N5O6S/c1-27-13-6-4-7-14(28-2)15(13)30(25,26)22-17(24)16-19-10-12(18(21-16)29-3)11-23-9-5-8-20-23/h4-10H,11H2,1-3H3,(H,22,24). The van der Waals surface area contributed by atoms with Crippen molar-refractivity contribution in [3.05, 3.63) is 54.2 Å². The van der Waals surface area contributed by atoms with Crippen LogP contribution in [-0.4, -0.2) is 55.4 Å². The van der Waals surface area contributed by atoms with Gasteiger partial charge in [0.05, 0.1) is 33.4 Å². The van der Waals surface area contributed by atoms with Crippen molar-refractivity contribution in [2.75, 3.05) is 21.3 Å². The molecule has 0 aliphatic carbocycles. The summed E-state index contributed by atoms with van der Waals surface area (Å²) in [5.41, 5.74) is 0.562. The molecule has 12 heteroatoms. The molecular weight excluding hydrogens is 414 g/mol.